The molecule has 2 aliphatic heterocycles. The topological polar surface area (TPSA) is 70.7 Å². The van der Waals surface area contributed by atoms with Crippen molar-refractivity contribution in [3.05, 3.63) is 35.9 Å². The molecule has 25 heavy (non-hydrogen) atoms. The Bertz CT molecular complexity index is 654. The van der Waals surface area contributed by atoms with Crippen molar-refractivity contribution in [3.63, 3.8) is 0 Å². The van der Waals surface area contributed by atoms with Crippen molar-refractivity contribution in [1.29, 1.82) is 0 Å². The Hall–Kier alpha value is -2.50. The zero-order chi connectivity index (χ0) is 17.6. The van der Waals surface area contributed by atoms with Gasteiger partial charge in [0.15, 0.2) is 0 Å². The summed E-state index contributed by atoms with van der Waals surface area (Å²) < 4.78 is 5.18. The molecule has 3 amide bonds. The summed E-state index contributed by atoms with van der Waals surface area (Å²) in [6.07, 6.45) is 5.51. The van der Waals surface area contributed by atoms with E-state index in [1.165, 1.54) is 5.57 Å². The maximum absolute atomic E-state index is 12.4. The van der Waals surface area contributed by atoms with Crippen LogP contribution in [-0.4, -0.2) is 49.6 Å². The Morgan fingerprint density at radius 3 is 2.76 bits per heavy atom. The minimum Gasteiger partial charge on any atom is -0.497 e. The zero-order valence-corrected chi connectivity index (χ0v) is 14.6. The van der Waals surface area contributed by atoms with Crippen LogP contribution in [0.3, 0.4) is 0 Å². The van der Waals surface area contributed by atoms with Crippen LogP contribution in [0.25, 0.3) is 5.57 Å². The number of rotatable bonds is 3. The first-order valence-electron chi connectivity index (χ1n) is 8.84. The third kappa shape index (κ3) is 4.32. The smallest absolute Gasteiger partial charge is 0.318 e. The summed E-state index contributed by atoms with van der Waals surface area (Å²) in [4.78, 5) is 26.2. The number of carbonyl (C=O) groups is 2. The van der Waals surface area contributed by atoms with Crippen LogP contribution in [0, 0.1) is 0 Å². The summed E-state index contributed by atoms with van der Waals surface area (Å²) in [7, 11) is 1.65. The largest absolute Gasteiger partial charge is 0.497 e. The van der Waals surface area contributed by atoms with Crippen LogP contribution >= 0.6 is 0 Å². The summed E-state index contributed by atoms with van der Waals surface area (Å²) in [5.74, 6) is 0.764. The average molecular weight is 343 g/mol. The number of benzene rings is 1. The van der Waals surface area contributed by atoms with Gasteiger partial charge in [-0.2, -0.15) is 0 Å². The van der Waals surface area contributed by atoms with Gasteiger partial charge in [-0.25, -0.2) is 4.79 Å². The molecule has 6 nitrogen and oxygen atoms in total. The van der Waals surface area contributed by atoms with Crippen molar-refractivity contribution in [1.82, 2.24) is 15.5 Å². The highest BCUT2D eigenvalue weighted by Gasteiger charge is 2.25. The lowest BCUT2D eigenvalue weighted by molar-refractivity contribution is -0.122. The molecule has 0 aliphatic carbocycles. The Balaban J connectivity index is 1.57. The normalized spacial score (nSPS) is 21.0. The van der Waals surface area contributed by atoms with Gasteiger partial charge in [0, 0.05) is 19.6 Å². The molecule has 3 rings (SSSR count). The van der Waals surface area contributed by atoms with Crippen molar-refractivity contribution < 1.29 is 14.3 Å². The molecule has 0 saturated carbocycles. The van der Waals surface area contributed by atoms with Crippen molar-refractivity contribution in [3.8, 4) is 5.75 Å². The molecule has 0 bridgehead atoms. The number of hydrogen-bond acceptors (Lipinski definition) is 3. The van der Waals surface area contributed by atoms with Gasteiger partial charge in [0.2, 0.25) is 5.91 Å². The molecule has 0 spiro atoms. The van der Waals surface area contributed by atoms with E-state index in [1.54, 1.807) is 12.0 Å². The van der Waals surface area contributed by atoms with Crippen LogP contribution in [0.5, 0.6) is 5.75 Å². The Kier molecular flexibility index (Phi) is 5.58. The number of methoxy groups -OCH3 is 1. The van der Waals surface area contributed by atoms with Crippen molar-refractivity contribution in [2.45, 2.75) is 31.7 Å². The number of nitrogens with zero attached hydrogens (tertiary/aromatic N) is 1. The van der Waals surface area contributed by atoms with Crippen molar-refractivity contribution in [2.24, 2.45) is 0 Å². The highest BCUT2D eigenvalue weighted by atomic mass is 16.5. The Morgan fingerprint density at radius 2 is 2.08 bits per heavy atom. The van der Waals surface area contributed by atoms with Gasteiger partial charge in [-0.1, -0.05) is 18.2 Å². The predicted octanol–water partition coefficient (Wildman–Crippen LogP) is 2.16. The number of hydrogen-bond donors (Lipinski definition) is 2. The molecule has 1 saturated heterocycles. The van der Waals surface area contributed by atoms with E-state index in [1.807, 2.05) is 24.3 Å². The standard InChI is InChI=1S/C19H25N3O3/c1-25-16-7-5-14(6-8-16)15-9-12-22(13-10-15)19(24)21-17-4-2-3-11-20-18(17)23/h5-9,17H,2-4,10-13H2,1H3,(H,20,23)(H,21,24). The first-order valence-corrected chi connectivity index (χ1v) is 8.84. The summed E-state index contributed by atoms with van der Waals surface area (Å²) in [5, 5.41) is 5.72. The van der Waals surface area contributed by atoms with Crippen LogP contribution < -0.4 is 15.4 Å². The van der Waals surface area contributed by atoms with Crippen LogP contribution in [0.2, 0.25) is 0 Å². The van der Waals surface area contributed by atoms with Crippen LogP contribution in [0.4, 0.5) is 4.79 Å². The molecule has 1 unspecified atom stereocenters. The van der Waals surface area contributed by atoms with E-state index >= 15 is 0 Å². The molecule has 0 aromatic heterocycles. The van der Waals surface area contributed by atoms with Gasteiger partial charge in [0.05, 0.1) is 7.11 Å². The molecular weight excluding hydrogens is 318 g/mol. The molecule has 2 aliphatic rings. The molecule has 1 aromatic carbocycles. The van der Waals surface area contributed by atoms with Crippen LogP contribution in [0.15, 0.2) is 30.3 Å². The molecule has 2 N–H and O–H groups in total. The van der Waals surface area contributed by atoms with Gasteiger partial charge in [0.25, 0.3) is 0 Å². The molecule has 6 heteroatoms. The minimum atomic E-state index is -0.415. The molecule has 134 valence electrons. The van der Waals surface area contributed by atoms with Crippen LogP contribution in [0.1, 0.15) is 31.2 Å². The second-order valence-electron chi connectivity index (χ2n) is 6.44. The van der Waals surface area contributed by atoms with Gasteiger partial charge < -0.3 is 20.3 Å². The van der Waals surface area contributed by atoms with E-state index in [0.717, 1.165) is 30.6 Å². The predicted molar refractivity (Wildman–Crippen MR) is 96.3 cm³/mol. The second-order valence-corrected chi connectivity index (χ2v) is 6.44. The monoisotopic (exact) mass is 343 g/mol. The number of carbonyl (C=O) groups excluding carboxylic acids is 2. The first-order chi connectivity index (χ1) is 12.2. The number of ether oxygens (including phenoxy) is 1. The summed E-state index contributed by atoms with van der Waals surface area (Å²) >= 11 is 0. The fourth-order valence-electron chi connectivity index (χ4n) is 3.24. The van der Waals surface area contributed by atoms with Gasteiger partial charge in [-0.15, -0.1) is 0 Å². The van der Waals surface area contributed by atoms with E-state index in [9.17, 15) is 9.59 Å². The maximum atomic E-state index is 12.4. The van der Waals surface area contributed by atoms with Gasteiger partial charge in [-0.05, 0) is 49.0 Å². The third-order valence-corrected chi connectivity index (χ3v) is 4.79. The lowest BCUT2D eigenvalue weighted by Crippen LogP contribution is -2.51. The lowest BCUT2D eigenvalue weighted by Gasteiger charge is -2.28. The van der Waals surface area contributed by atoms with E-state index in [-0.39, 0.29) is 11.9 Å². The molecule has 1 fully saturated rings. The molecule has 1 aromatic rings. The lowest BCUT2D eigenvalue weighted by atomic mass is 9.99. The highest BCUT2D eigenvalue weighted by molar-refractivity contribution is 5.87. The average Bonchev–Trinajstić information content (AvgIpc) is 2.86. The zero-order valence-electron chi connectivity index (χ0n) is 14.6. The minimum absolute atomic E-state index is 0.0719. The number of nitrogens with one attached hydrogen (secondary N) is 2. The van der Waals surface area contributed by atoms with Gasteiger partial charge in [0.1, 0.15) is 11.8 Å². The third-order valence-electron chi connectivity index (χ3n) is 4.79. The summed E-state index contributed by atoms with van der Waals surface area (Å²) in [6, 6.07) is 7.39. The Labute approximate surface area is 148 Å². The summed E-state index contributed by atoms with van der Waals surface area (Å²) in [6.45, 7) is 1.91. The van der Waals surface area contributed by atoms with Crippen molar-refractivity contribution >= 4 is 17.5 Å². The second kappa shape index (κ2) is 8.05. The molecule has 2 heterocycles. The molecular formula is C19H25N3O3. The first kappa shape index (κ1) is 17.3. The molecule has 1 atom stereocenters. The van der Waals surface area contributed by atoms with E-state index < -0.39 is 6.04 Å². The fraction of sp³-hybridized carbons (Fsp3) is 0.474. The van der Waals surface area contributed by atoms with E-state index in [0.29, 0.717) is 26.1 Å². The summed E-state index contributed by atoms with van der Waals surface area (Å²) in [5.41, 5.74) is 2.39. The highest BCUT2D eigenvalue weighted by Crippen LogP contribution is 2.24. The van der Waals surface area contributed by atoms with Gasteiger partial charge >= 0.3 is 6.03 Å². The number of amides is 3. The van der Waals surface area contributed by atoms with Crippen molar-refractivity contribution in [2.75, 3.05) is 26.7 Å². The quantitative estimate of drug-likeness (QED) is 0.883. The Morgan fingerprint density at radius 1 is 1.28 bits per heavy atom. The SMILES string of the molecule is COc1ccc(C2=CCN(C(=O)NC3CCCCNC3=O)CC2)cc1. The van der Waals surface area contributed by atoms with Crippen LogP contribution in [-0.2, 0) is 4.79 Å². The maximum Gasteiger partial charge on any atom is 0.318 e. The van der Waals surface area contributed by atoms with E-state index in [4.69, 9.17) is 4.74 Å². The van der Waals surface area contributed by atoms with E-state index in [2.05, 4.69) is 16.7 Å². The van der Waals surface area contributed by atoms with Gasteiger partial charge in [-0.3, -0.25) is 4.79 Å². The molecule has 0 radical (unpaired) electrons. The fourth-order valence-corrected chi connectivity index (χ4v) is 3.24. The number of urea groups is 1.